The first-order valence-corrected chi connectivity index (χ1v) is 8.83. The molecular weight excluding hydrogens is 369 g/mol. The number of methoxy groups -OCH3 is 2. The van der Waals surface area contributed by atoms with E-state index in [4.69, 9.17) is 32.7 Å². The second-order valence-electron chi connectivity index (χ2n) is 4.81. The average Bonchev–Trinajstić information content (AvgIpc) is 2.59. The highest BCUT2D eigenvalue weighted by Crippen LogP contribution is 2.33. The molecule has 0 aliphatic heterocycles. The molecule has 2 aromatic carbocycles. The highest BCUT2D eigenvalue weighted by Gasteiger charge is 2.10. The number of benzene rings is 2. The lowest BCUT2D eigenvalue weighted by Gasteiger charge is -2.11. The first kappa shape index (κ1) is 18.8. The minimum atomic E-state index is -0.106. The average molecular weight is 386 g/mol. The first-order valence-electron chi connectivity index (χ1n) is 7.09. The Morgan fingerprint density at radius 1 is 1.08 bits per heavy atom. The summed E-state index contributed by atoms with van der Waals surface area (Å²) >= 11 is 13.5. The summed E-state index contributed by atoms with van der Waals surface area (Å²) in [6.07, 6.45) is 0. The van der Waals surface area contributed by atoms with Gasteiger partial charge in [0.2, 0.25) is 5.91 Å². The third-order valence-electron chi connectivity index (χ3n) is 3.20. The minimum absolute atomic E-state index is 0.106. The second-order valence-corrected chi connectivity index (χ2v) is 6.61. The maximum absolute atomic E-state index is 12.0. The lowest BCUT2D eigenvalue weighted by molar-refractivity contribution is -0.118. The van der Waals surface area contributed by atoms with Gasteiger partial charge in [-0.1, -0.05) is 35.3 Å². The van der Waals surface area contributed by atoms with E-state index >= 15 is 0 Å². The predicted octanol–water partition coefficient (Wildman–Crippen LogP) is 4.42. The maximum Gasteiger partial charge on any atom is 0.230 e. The van der Waals surface area contributed by atoms with Crippen LogP contribution in [0.3, 0.4) is 0 Å². The first-order chi connectivity index (χ1) is 11.5. The highest BCUT2D eigenvalue weighted by atomic mass is 35.5. The van der Waals surface area contributed by atoms with E-state index in [1.807, 2.05) is 12.1 Å². The molecule has 0 unspecified atom stereocenters. The van der Waals surface area contributed by atoms with Gasteiger partial charge in [-0.05, 0) is 29.8 Å². The summed E-state index contributed by atoms with van der Waals surface area (Å²) in [6, 6.07) is 10.8. The minimum Gasteiger partial charge on any atom is -0.493 e. The fourth-order valence-corrected chi connectivity index (χ4v) is 3.51. The van der Waals surface area contributed by atoms with Gasteiger partial charge in [-0.25, -0.2) is 0 Å². The Morgan fingerprint density at radius 2 is 1.75 bits per heavy atom. The van der Waals surface area contributed by atoms with Gasteiger partial charge in [-0.2, -0.15) is 0 Å². The van der Waals surface area contributed by atoms with Gasteiger partial charge in [0.25, 0.3) is 0 Å². The molecule has 0 aromatic heterocycles. The van der Waals surface area contributed by atoms with Crippen molar-refractivity contribution < 1.29 is 14.3 Å². The van der Waals surface area contributed by atoms with E-state index in [9.17, 15) is 4.79 Å². The zero-order valence-electron chi connectivity index (χ0n) is 13.3. The number of hydrogen-bond donors (Lipinski definition) is 1. The number of hydrogen-bond acceptors (Lipinski definition) is 4. The Labute approximate surface area is 155 Å². The van der Waals surface area contributed by atoms with E-state index in [-0.39, 0.29) is 11.7 Å². The van der Waals surface area contributed by atoms with Crippen molar-refractivity contribution >= 4 is 40.9 Å². The summed E-state index contributed by atoms with van der Waals surface area (Å²) in [4.78, 5) is 12.7. The lowest BCUT2D eigenvalue weighted by Crippen LogP contribution is -2.24. The third kappa shape index (κ3) is 4.97. The van der Waals surface area contributed by atoms with Crippen LogP contribution in [0.5, 0.6) is 11.5 Å². The van der Waals surface area contributed by atoms with Crippen LogP contribution in [0, 0.1) is 0 Å². The molecule has 2 aromatic rings. The van der Waals surface area contributed by atoms with Gasteiger partial charge in [-0.3, -0.25) is 4.79 Å². The normalized spacial score (nSPS) is 10.3. The monoisotopic (exact) mass is 385 g/mol. The third-order valence-corrected chi connectivity index (χ3v) is 5.19. The van der Waals surface area contributed by atoms with Crippen LogP contribution in [-0.2, 0) is 11.3 Å². The fraction of sp³-hybridized carbons (Fsp3) is 0.235. The molecule has 0 fully saturated rings. The van der Waals surface area contributed by atoms with Crippen molar-refractivity contribution in [3.05, 3.63) is 52.0 Å². The summed E-state index contributed by atoms with van der Waals surface area (Å²) in [5.41, 5.74) is 0.918. The van der Waals surface area contributed by atoms with Crippen molar-refractivity contribution in [3.8, 4) is 11.5 Å². The number of halogens is 2. The van der Waals surface area contributed by atoms with Crippen molar-refractivity contribution in [1.82, 2.24) is 5.32 Å². The van der Waals surface area contributed by atoms with Gasteiger partial charge in [-0.15, -0.1) is 11.8 Å². The molecule has 4 nitrogen and oxygen atoms in total. The largest absolute Gasteiger partial charge is 0.493 e. The molecule has 1 amide bonds. The Balaban J connectivity index is 1.89. The van der Waals surface area contributed by atoms with Crippen molar-refractivity contribution in [2.24, 2.45) is 0 Å². The molecule has 0 bridgehead atoms. The van der Waals surface area contributed by atoms with Gasteiger partial charge >= 0.3 is 0 Å². The van der Waals surface area contributed by atoms with Gasteiger partial charge in [0.15, 0.2) is 11.5 Å². The summed E-state index contributed by atoms with van der Waals surface area (Å²) in [5.74, 6) is 1.40. The topological polar surface area (TPSA) is 47.6 Å². The van der Waals surface area contributed by atoms with Crippen LogP contribution in [0.1, 0.15) is 5.56 Å². The zero-order valence-corrected chi connectivity index (χ0v) is 15.6. The van der Waals surface area contributed by atoms with Crippen LogP contribution < -0.4 is 14.8 Å². The lowest BCUT2D eigenvalue weighted by atomic mass is 10.2. The van der Waals surface area contributed by atoms with E-state index in [1.54, 1.807) is 38.5 Å². The summed E-state index contributed by atoms with van der Waals surface area (Å²) in [5, 5.41) is 3.94. The summed E-state index contributed by atoms with van der Waals surface area (Å²) in [6.45, 7) is 0.399. The number of amides is 1. The molecule has 0 aliphatic carbocycles. The van der Waals surface area contributed by atoms with Crippen molar-refractivity contribution in [1.29, 1.82) is 0 Å². The van der Waals surface area contributed by atoms with Crippen LogP contribution in [-0.4, -0.2) is 25.9 Å². The van der Waals surface area contributed by atoms with Crippen LogP contribution in [0.2, 0.25) is 10.0 Å². The predicted molar refractivity (Wildman–Crippen MR) is 98.6 cm³/mol. The molecule has 24 heavy (non-hydrogen) atoms. The standard InChI is InChI=1S/C17H17Cl2NO3S/c1-22-14-7-6-11(8-15(14)23-2)9-20-16(21)10-24-17-12(18)4-3-5-13(17)19/h3-8H,9-10H2,1-2H3,(H,20,21). The van der Waals surface area contributed by atoms with E-state index in [0.29, 0.717) is 33.0 Å². The number of ether oxygens (including phenoxy) is 2. The molecule has 0 spiro atoms. The van der Waals surface area contributed by atoms with Crippen molar-refractivity contribution in [3.63, 3.8) is 0 Å². The number of thioether (sulfide) groups is 1. The molecule has 7 heteroatoms. The molecule has 0 radical (unpaired) electrons. The quantitative estimate of drug-likeness (QED) is 0.716. The van der Waals surface area contributed by atoms with Crippen LogP contribution in [0.25, 0.3) is 0 Å². The summed E-state index contributed by atoms with van der Waals surface area (Å²) in [7, 11) is 3.15. The molecule has 1 N–H and O–H groups in total. The van der Waals surface area contributed by atoms with Crippen LogP contribution in [0.4, 0.5) is 0 Å². The molecule has 2 rings (SSSR count). The van der Waals surface area contributed by atoms with Crippen LogP contribution >= 0.6 is 35.0 Å². The van der Waals surface area contributed by atoms with Gasteiger partial charge in [0.1, 0.15) is 0 Å². The number of nitrogens with one attached hydrogen (secondary N) is 1. The maximum atomic E-state index is 12.0. The Bertz CT molecular complexity index is 705. The molecule has 0 saturated heterocycles. The van der Waals surface area contributed by atoms with Gasteiger partial charge in [0, 0.05) is 11.4 Å². The van der Waals surface area contributed by atoms with Crippen molar-refractivity contribution in [2.45, 2.75) is 11.4 Å². The second kappa shape index (κ2) is 9.06. The molecule has 0 atom stereocenters. The van der Waals surface area contributed by atoms with Gasteiger partial charge in [0.05, 0.1) is 30.0 Å². The van der Waals surface area contributed by atoms with E-state index in [2.05, 4.69) is 5.32 Å². The van der Waals surface area contributed by atoms with E-state index < -0.39 is 0 Å². The summed E-state index contributed by atoms with van der Waals surface area (Å²) < 4.78 is 10.4. The Morgan fingerprint density at radius 3 is 2.38 bits per heavy atom. The number of carbonyl (C=O) groups excluding carboxylic acids is 1. The molecule has 0 heterocycles. The van der Waals surface area contributed by atoms with Crippen LogP contribution in [0.15, 0.2) is 41.3 Å². The van der Waals surface area contributed by atoms with E-state index in [0.717, 1.165) is 5.56 Å². The Hall–Kier alpha value is -1.56. The van der Waals surface area contributed by atoms with Crippen molar-refractivity contribution in [2.75, 3.05) is 20.0 Å². The Kier molecular flexibility index (Phi) is 7.09. The van der Waals surface area contributed by atoms with E-state index in [1.165, 1.54) is 11.8 Å². The molecule has 0 aliphatic rings. The number of carbonyl (C=O) groups is 1. The smallest absolute Gasteiger partial charge is 0.230 e. The van der Waals surface area contributed by atoms with Gasteiger partial charge < -0.3 is 14.8 Å². The SMILES string of the molecule is COc1ccc(CNC(=O)CSc2c(Cl)cccc2Cl)cc1OC. The fourth-order valence-electron chi connectivity index (χ4n) is 2.00. The zero-order chi connectivity index (χ0) is 17.5. The molecule has 0 saturated carbocycles. The number of rotatable bonds is 7. The molecular formula is C17H17Cl2NO3S. The molecule has 128 valence electrons. The highest BCUT2D eigenvalue weighted by molar-refractivity contribution is 8.00.